The number of H-pyrrole nitrogens is 1. The fourth-order valence-electron chi connectivity index (χ4n) is 1.98. The van der Waals surface area contributed by atoms with Gasteiger partial charge in [-0.25, -0.2) is 8.78 Å². The number of para-hydroxylation sites is 1. The topological polar surface area (TPSA) is 33.6 Å². The van der Waals surface area contributed by atoms with Crippen molar-refractivity contribution in [1.82, 2.24) is 14.8 Å². The van der Waals surface area contributed by atoms with E-state index in [0.717, 1.165) is 0 Å². The number of rotatable bonds is 2. The van der Waals surface area contributed by atoms with E-state index < -0.39 is 11.6 Å². The van der Waals surface area contributed by atoms with Gasteiger partial charge in [-0.05, 0) is 36.5 Å². The molecule has 0 fully saturated rings. The maximum absolute atomic E-state index is 13.9. The summed E-state index contributed by atoms with van der Waals surface area (Å²) in [5, 5.41) is 6.57. The first-order chi connectivity index (χ1) is 9.68. The monoisotopic (exact) mass is 289 g/mol. The second kappa shape index (κ2) is 4.97. The lowest BCUT2D eigenvalue weighted by Crippen LogP contribution is -2.01. The van der Waals surface area contributed by atoms with Crippen LogP contribution in [0, 0.1) is 16.4 Å². The van der Waals surface area contributed by atoms with Gasteiger partial charge in [-0.2, -0.15) is 5.10 Å². The number of benzene rings is 2. The summed E-state index contributed by atoms with van der Waals surface area (Å²) in [5.41, 5.74) is 0.479. The third kappa shape index (κ3) is 2.04. The normalized spacial score (nSPS) is 10.7. The molecule has 0 saturated heterocycles. The van der Waals surface area contributed by atoms with E-state index in [1.807, 2.05) is 0 Å². The lowest BCUT2D eigenvalue weighted by atomic mass is 10.2. The van der Waals surface area contributed by atoms with Gasteiger partial charge < -0.3 is 0 Å². The molecule has 1 aromatic heterocycles. The summed E-state index contributed by atoms with van der Waals surface area (Å²) in [6.45, 7) is 0. The highest BCUT2D eigenvalue weighted by Gasteiger charge is 2.16. The molecule has 0 spiro atoms. The Balaban J connectivity index is 2.29. The Morgan fingerprint density at radius 1 is 0.950 bits per heavy atom. The second-order valence-electron chi connectivity index (χ2n) is 4.12. The van der Waals surface area contributed by atoms with E-state index in [0.29, 0.717) is 0 Å². The molecule has 0 aliphatic heterocycles. The molecule has 3 nitrogen and oxygen atoms in total. The number of hydrogen-bond donors (Lipinski definition) is 1. The lowest BCUT2D eigenvalue weighted by Gasteiger charge is -2.08. The van der Waals surface area contributed by atoms with Gasteiger partial charge in [0.05, 0.1) is 11.3 Å². The van der Waals surface area contributed by atoms with Gasteiger partial charge >= 0.3 is 0 Å². The third-order valence-corrected chi connectivity index (χ3v) is 3.15. The highest BCUT2D eigenvalue weighted by molar-refractivity contribution is 7.71. The molecule has 0 aliphatic rings. The van der Waals surface area contributed by atoms with E-state index in [-0.39, 0.29) is 21.8 Å². The summed E-state index contributed by atoms with van der Waals surface area (Å²) >= 11 is 5.11. The SMILES string of the molecule is Fc1ccccc1-c1n[nH]c(=S)n1-c1ccccc1F. The Kier molecular flexibility index (Phi) is 3.15. The van der Waals surface area contributed by atoms with E-state index in [9.17, 15) is 8.78 Å². The second-order valence-corrected chi connectivity index (χ2v) is 4.51. The molecule has 0 bridgehead atoms. The van der Waals surface area contributed by atoms with Crippen molar-refractivity contribution in [3.8, 4) is 17.1 Å². The molecule has 0 unspecified atom stereocenters. The zero-order chi connectivity index (χ0) is 14.1. The standard InChI is InChI=1S/C14H9F2N3S/c15-10-6-2-1-5-9(10)13-17-18-14(20)19(13)12-8-4-3-7-11(12)16/h1-8H,(H,18,20). The van der Waals surface area contributed by atoms with Crippen LogP contribution in [0.25, 0.3) is 17.1 Å². The first kappa shape index (κ1) is 12.7. The first-order valence-corrected chi connectivity index (χ1v) is 6.26. The fraction of sp³-hybridized carbons (Fsp3) is 0. The van der Waals surface area contributed by atoms with Crippen LogP contribution in [0.4, 0.5) is 8.78 Å². The average molecular weight is 289 g/mol. The first-order valence-electron chi connectivity index (χ1n) is 5.85. The van der Waals surface area contributed by atoms with Gasteiger partial charge in [-0.15, -0.1) is 0 Å². The minimum atomic E-state index is -0.456. The number of aromatic amines is 1. The molecule has 0 aliphatic carbocycles. The number of nitrogens with zero attached hydrogens (tertiary/aromatic N) is 2. The van der Waals surface area contributed by atoms with Crippen molar-refractivity contribution in [3.63, 3.8) is 0 Å². The molecule has 0 saturated carbocycles. The Labute approximate surface area is 118 Å². The van der Waals surface area contributed by atoms with Crippen molar-refractivity contribution in [3.05, 3.63) is 64.9 Å². The van der Waals surface area contributed by atoms with E-state index in [1.165, 1.54) is 16.7 Å². The summed E-state index contributed by atoms with van der Waals surface area (Å²) in [7, 11) is 0. The van der Waals surface area contributed by atoms with Gasteiger partial charge in [0.1, 0.15) is 11.6 Å². The predicted octanol–water partition coefficient (Wildman–Crippen LogP) is 3.88. The van der Waals surface area contributed by atoms with Crippen LogP contribution in [-0.2, 0) is 0 Å². The Morgan fingerprint density at radius 2 is 1.60 bits per heavy atom. The van der Waals surface area contributed by atoms with Gasteiger partial charge in [0.25, 0.3) is 0 Å². The Bertz CT molecular complexity index is 823. The van der Waals surface area contributed by atoms with Crippen molar-refractivity contribution >= 4 is 12.2 Å². The van der Waals surface area contributed by atoms with E-state index >= 15 is 0 Å². The Morgan fingerprint density at radius 3 is 2.30 bits per heavy atom. The van der Waals surface area contributed by atoms with Gasteiger partial charge in [-0.3, -0.25) is 9.67 Å². The summed E-state index contributed by atoms with van der Waals surface area (Å²) in [6.07, 6.45) is 0. The molecular formula is C14H9F2N3S. The minimum Gasteiger partial charge on any atom is -0.265 e. The average Bonchev–Trinajstić information content (AvgIpc) is 2.82. The summed E-state index contributed by atoms with van der Waals surface area (Å²) in [6, 6.07) is 12.3. The van der Waals surface area contributed by atoms with E-state index in [1.54, 1.807) is 36.4 Å². The molecule has 20 heavy (non-hydrogen) atoms. The Hall–Kier alpha value is -2.34. The molecule has 2 aromatic carbocycles. The van der Waals surface area contributed by atoms with Crippen LogP contribution in [0.5, 0.6) is 0 Å². The molecule has 1 heterocycles. The quantitative estimate of drug-likeness (QED) is 0.726. The number of aromatic nitrogens is 3. The van der Waals surface area contributed by atoms with Crippen LogP contribution in [0.2, 0.25) is 0 Å². The molecule has 0 radical (unpaired) electrons. The largest absolute Gasteiger partial charge is 0.265 e. The van der Waals surface area contributed by atoms with Gasteiger partial charge in [0, 0.05) is 0 Å². The summed E-state index contributed by atoms with van der Waals surface area (Å²) < 4.78 is 29.4. The molecule has 3 rings (SSSR count). The highest BCUT2D eigenvalue weighted by Crippen LogP contribution is 2.25. The van der Waals surface area contributed by atoms with Crippen molar-refractivity contribution in [2.24, 2.45) is 0 Å². The highest BCUT2D eigenvalue weighted by atomic mass is 32.1. The fourth-order valence-corrected chi connectivity index (χ4v) is 2.21. The van der Waals surface area contributed by atoms with Crippen LogP contribution in [0.15, 0.2) is 48.5 Å². The lowest BCUT2D eigenvalue weighted by molar-refractivity contribution is 0.615. The van der Waals surface area contributed by atoms with Crippen molar-refractivity contribution in [2.45, 2.75) is 0 Å². The van der Waals surface area contributed by atoms with Crippen LogP contribution in [0.3, 0.4) is 0 Å². The molecule has 100 valence electrons. The van der Waals surface area contributed by atoms with Crippen molar-refractivity contribution in [1.29, 1.82) is 0 Å². The number of nitrogens with one attached hydrogen (secondary N) is 1. The van der Waals surface area contributed by atoms with E-state index in [4.69, 9.17) is 12.2 Å². The van der Waals surface area contributed by atoms with Crippen LogP contribution in [-0.4, -0.2) is 14.8 Å². The van der Waals surface area contributed by atoms with Gasteiger partial charge in [0.2, 0.25) is 0 Å². The van der Waals surface area contributed by atoms with E-state index in [2.05, 4.69) is 10.2 Å². The predicted molar refractivity (Wildman–Crippen MR) is 74.1 cm³/mol. The molecule has 0 atom stereocenters. The smallest absolute Gasteiger partial charge is 0.200 e. The molecular weight excluding hydrogens is 280 g/mol. The summed E-state index contributed by atoms with van der Waals surface area (Å²) in [4.78, 5) is 0. The zero-order valence-electron chi connectivity index (χ0n) is 10.2. The number of halogens is 2. The molecule has 6 heteroatoms. The van der Waals surface area contributed by atoms with Gasteiger partial charge in [-0.1, -0.05) is 24.3 Å². The molecule has 3 aromatic rings. The van der Waals surface area contributed by atoms with Crippen LogP contribution >= 0.6 is 12.2 Å². The van der Waals surface area contributed by atoms with Crippen molar-refractivity contribution < 1.29 is 8.78 Å². The maximum atomic E-state index is 13.9. The molecule has 0 amide bonds. The zero-order valence-corrected chi connectivity index (χ0v) is 11.0. The van der Waals surface area contributed by atoms with Crippen LogP contribution in [0.1, 0.15) is 0 Å². The van der Waals surface area contributed by atoms with Crippen LogP contribution < -0.4 is 0 Å². The molecule has 1 N–H and O–H groups in total. The summed E-state index contributed by atoms with van der Waals surface area (Å²) in [5.74, 6) is -0.667. The van der Waals surface area contributed by atoms with Crippen molar-refractivity contribution in [2.75, 3.05) is 0 Å². The number of hydrogen-bond acceptors (Lipinski definition) is 2. The third-order valence-electron chi connectivity index (χ3n) is 2.88. The minimum absolute atomic E-state index is 0.202. The van der Waals surface area contributed by atoms with Gasteiger partial charge in [0.15, 0.2) is 10.6 Å². The maximum Gasteiger partial charge on any atom is 0.200 e.